The fraction of sp³-hybridized carbons (Fsp3) is 0.636. The van der Waals surface area contributed by atoms with Crippen molar-refractivity contribution in [1.29, 1.82) is 0 Å². The minimum Gasteiger partial charge on any atom is -0.299 e. The Balaban J connectivity index is 2.16. The number of allylic oxidation sites excluding steroid dienone is 4. The highest BCUT2D eigenvalue weighted by Gasteiger charge is 2.14. The molecule has 0 aliphatic heterocycles. The Kier molecular flexibility index (Phi) is 9.94. The zero-order chi connectivity index (χ0) is 17.1. The third kappa shape index (κ3) is 9.61. The molecule has 0 saturated heterocycles. The highest BCUT2D eigenvalue weighted by molar-refractivity contribution is 5.08. The van der Waals surface area contributed by atoms with Crippen LogP contribution in [-0.4, -0.2) is 25.0 Å². The van der Waals surface area contributed by atoms with Gasteiger partial charge in [-0.1, -0.05) is 41.5 Å². The second kappa shape index (κ2) is 11.5. The summed E-state index contributed by atoms with van der Waals surface area (Å²) in [4.78, 5) is 2.28. The Labute approximate surface area is 144 Å². The van der Waals surface area contributed by atoms with Crippen molar-refractivity contribution in [1.82, 2.24) is 4.90 Å². The minimum absolute atomic E-state index is 0.904. The van der Waals surface area contributed by atoms with Gasteiger partial charge in [-0.3, -0.25) is 4.90 Å². The van der Waals surface area contributed by atoms with Gasteiger partial charge in [-0.25, -0.2) is 0 Å². The van der Waals surface area contributed by atoms with Gasteiger partial charge in [0.05, 0.1) is 0 Å². The van der Waals surface area contributed by atoms with E-state index in [4.69, 9.17) is 0 Å². The van der Waals surface area contributed by atoms with E-state index in [1.165, 1.54) is 62.5 Å². The van der Waals surface area contributed by atoms with Crippen LogP contribution in [0.2, 0.25) is 0 Å². The first-order valence-electron chi connectivity index (χ1n) is 9.28. The molecule has 130 valence electrons. The first kappa shape index (κ1) is 20.0. The lowest BCUT2D eigenvalue weighted by atomic mass is 9.84. The zero-order valence-corrected chi connectivity index (χ0v) is 15.7. The molecule has 1 atom stereocenters. The van der Waals surface area contributed by atoms with E-state index in [0.717, 1.165) is 19.0 Å². The van der Waals surface area contributed by atoms with Crippen LogP contribution in [0.4, 0.5) is 0 Å². The topological polar surface area (TPSA) is 3.24 Å². The molecule has 0 aromatic carbocycles. The van der Waals surface area contributed by atoms with Crippen LogP contribution in [0.1, 0.15) is 65.2 Å². The van der Waals surface area contributed by atoms with E-state index in [1.807, 2.05) is 6.08 Å². The SMILES string of the molecule is C=CCN(C)CC(=C)CCCC1CC=C(CCC=C(C)C)CC1. The van der Waals surface area contributed by atoms with Crippen LogP contribution in [0.3, 0.4) is 0 Å². The third-order valence-electron chi connectivity index (χ3n) is 4.71. The Morgan fingerprint density at radius 1 is 1.39 bits per heavy atom. The van der Waals surface area contributed by atoms with Crippen molar-refractivity contribution >= 4 is 0 Å². The third-order valence-corrected chi connectivity index (χ3v) is 4.71. The smallest absolute Gasteiger partial charge is 0.0190 e. The molecule has 0 N–H and O–H groups in total. The van der Waals surface area contributed by atoms with E-state index < -0.39 is 0 Å². The Morgan fingerprint density at radius 2 is 2.17 bits per heavy atom. The van der Waals surface area contributed by atoms with Gasteiger partial charge in [-0.2, -0.15) is 0 Å². The van der Waals surface area contributed by atoms with Crippen LogP contribution >= 0.6 is 0 Å². The minimum atomic E-state index is 0.904. The standard InChI is InChI=1S/C22H37N/c1-6-17-23(5)18-20(4)10-8-12-22-15-13-21(14-16-22)11-7-9-19(2)3/h6,9,13,22H,1,4,7-8,10-12,14-18H2,2-3,5H3. The van der Waals surface area contributed by atoms with Gasteiger partial charge in [0.25, 0.3) is 0 Å². The van der Waals surface area contributed by atoms with Crippen LogP contribution in [0.15, 0.2) is 48.1 Å². The molecule has 1 nitrogen and oxygen atoms in total. The molecule has 0 radical (unpaired) electrons. The maximum atomic E-state index is 4.23. The summed E-state index contributed by atoms with van der Waals surface area (Å²) in [5.74, 6) is 0.904. The van der Waals surface area contributed by atoms with E-state index in [2.05, 4.69) is 51.1 Å². The maximum Gasteiger partial charge on any atom is 0.0190 e. The van der Waals surface area contributed by atoms with Crippen molar-refractivity contribution in [3.63, 3.8) is 0 Å². The molecular weight excluding hydrogens is 278 g/mol. The number of rotatable bonds is 11. The van der Waals surface area contributed by atoms with Crippen LogP contribution < -0.4 is 0 Å². The fourth-order valence-corrected chi connectivity index (χ4v) is 3.36. The molecule has 0 saturated carbocycles. The highest BCUT2D eigenvalue weighted by Crippen LogP contribution is 2.30. The largest absolute Gasteiger partial charge is 0.299 e. The quantitative estimate of drug-likeness (QED) is 0.404. The molecule has 0 fully saturated rings. The lowest BCUT2D eigenvalue weighted by Gasteiger charge is -2.22. The number of hydrogen-bond donors (Lipinski definition) is 0. The van der Waals surface area contributed by atoms with E-state index >= 15 is 0 Å². The summed E-state index contributed by atoms with van der Waals surface area (Å²) in [5.41, 5.74) is 4.50. The van der Waals surface area contributed by atoms with Crippen molar-refractivity contribution in [2.75, 3.05) is 20.1 Å². The van der Waals surface area contributed by atoms with Crippen molar-refractivity contribution < 1.29 is 0 Å². The molecule has 0 spiro atoms. The lowest BCUT2D eigenvalue weighted by Crippen LogP contribution is -2.20. The van der Waals surface area contributed by atoms with E-state index in [-0.39, 0.29) is 0 Å². The number of likely N-dealkylation sites (N-methyl/N-ethyl adjacent to an activating group) is 1. The lowest BCUT2D eigenvalue weighted by molar-refractivity contribution is 0.388. The van der Waals surface area contributed by atoms with Crippen molar-refractivity contribution in [3.05, 3.63) is 48.1 Å². The van der Waals surface area contributed by atoms with Gasteiger partial charge >= 0.3 is 0 Å². The first-order chi connectivity index (χ1) is 11.0. The Bertz CT molecular complexity index is 423. The van der Waals surface area contributed by atoms with Gasteiger partial charge in [0.15, 0.2) is 0 Å². The summed E-state index contributed by atoms with van der Waals surface area (Å²) in [6, 6.07) is 0. The van der Waals surface area contributed by atoms with Crippen molar-refractivity contribution in [2.24, 2.45) is 5.92 Å². The fourth-order valence-electron chi connectivity index (χ4n) is 3.36. The van der Waals surface area contributed by atoms with Gasteiger partial charge in [0.2, 0.25) is 0 Å². The van der Waals surface area contributed by atoms with Gasteiger partial charge in [-0.05, 0) is 78.2 Å². The van der Waals surface area contributed by atoms with Crippen LogP contribution in [0.5, 0.6) is 0 Å². The molecule has 23 heavy (non-hydrogen) atoms. The first-order valence-corrected chi connectivity index (χ1v) is 9.28. The van der Waals surface area contributed by atoms with E-state index in [0.29, 0.717) is 0 Å². The monoisotopic (exact) mass is 315 g/mol. The zero-order valence-electron chi connectivity index (χ0n) is 15.7. The molecule has 0 aromatic heterocycles. The molecule has 1 aliphatic carbocycles. The summed E-state index contributed by atoms with van der Waals surface area (Å²) in [6.45, 7) is 14.3. The molecule has 0 aromatic rings. The van der Waals surface area contributed by atoms with Gasteiger partial charge < -0.3 is 0 Å². The maximum absolute atomic E-state index is 4.23. The van der Waals surface area contributed by atoms with Crippen molar-refractivity contribution in [3.8, 4) is 0 Å². The molecule has 1 aliphatic rings. The molecular formula is C22H37N. The second-order valence-electron chi connectivity index (χ2n) is 7.45. The number of hydrogen-bond acceptors (Lipinski definition) is 1. The summed E-state index contributed by atoms with van der Waals surface area (Å²) < 4.78 is 0. The Hall–Kier alpha value is -1.08. The predicted molar refractivity (Wildman–Crippen MR) is 105 cm³/mol. The average Bonchev–Trinajstić information content (AvgIpc) is 2.48. The molecule has 1 rings (SSSR count). The summed E-state index contributed by atoms with van der Waals surface area (Å²) in [7, 11) is 2.13. The van der Waals surface area contributed by atoms with Crippen LogP contribution in [-0.2, 0) is 0 Å². The van der Waals surface area contributed by atoms with Gasteiger partial charge in [0, 0.05) is 13.1 Å². The van der Waals surface area contributed by atoms with Crippen molar-refractivity contribution in [2.45, 2.75) is 65.2 Å². The molecule has 1 heteroatoms. The van der Waals surface area contributed by atoms with Gasteiger partial charge in [-0.15, -0.1) is 6.58 Å². The second-order valence-corrected chi connectivity index (χ2v) is 7.45. The summed E-state index contributed by atoms with van der Waals surface area (Å²) in [6.07, 6.45) is 17.2. The Morgan fingerprint density at radius 3 is 2.78 bits per heavy atom. The predicted octanol–water partition coefficient (Wildman–Crippen LogP) is 6.30. The molecule has 0 bridgehead atoms. The summed E-state index contributed by atoms with van der Waals surface area (Å²) >= 11 is 0. The highest BCUT2D eigenvalue weighted by atomic mass is 15.1. The molecule has 1 unspecified atom stereocenters. The normalized spacial score (nSPS) is 17.7. The molecule has 0 amide bonds. The van der Waals surface area contributed by atoms with Gasteiger partial charge in [0.1, 0.15) is 0 Å². The van der Waals surface area contributed by atoms with Crippen LogP contribution in [0, 0.1) is 5.92 Å². The van der Waals surface area contributed by atoms with Crippen LogP contribution in [0.25, 0.3) is 0 Å². The molecule has 0 heterocycles. The number of nitrogens with zero attached hydrogens (tertiary/aromatic N) is 1. The summed E-state index contributed by atoms with van der Waals surface area (Å²) in [5, 5.41) is 0. The van der Waals surface area contributed by atoms with E-state index in [9.17, 15) is 0 Å². The van der Waals surface area contributed by atoms with E-state index in [1.54, 1.807) is 5.57 Å². The average molecular weight is 316 g/mol.